The van der Waals surface area contributed by atoms with E-state index in [9.17, 15) is 0 Å². The van der Waals surface area contributed by atoms with Crippen molar-refractivity contribution in [3.8, 4) is 22.5 Å². The first-order valence-corrected chi connectivity index (χ1v) is 16.2. The van der Waals surface area contributed by atoms with Crippen molar-refractivity contribution in [2.45, 2.75) is 0 Å². The second-order valence-electron chi connectivity index (χ2n) is 10.4. The van der Waals surface area contributed by atoms with Crippen molar-refractivity contribution >= 4 is 29.5 Å². The van der Waals surface area contributed by atoms with E-state index in [0.717, 1.165) is 28.1 Å². The maximum atomic E-state index is 5.17. The summed E-state index contributed by atoms with van der Waals surface area (Å²) in [5, 5.41) is 0. The number of aromatic nitrogens is 1. The number of nitrogens with zero attached hydrogens (tertiary/aromatic N) is 1. The normalized spacial score (nSPS) is 12.8. The van der Waals surface area contributed by atoms with E-state index in [1.807, 2.05) is 0 Å². The molecule has 0 atom stereocenters. The molecule has 5 aromatic carbocycles. The third-order valence-electron chi connectivity index (χ3n) is 7.51. The minimum absolute atomic E-state index is 0.163. The molecule has 6 aromatic rings. The summed E-state index contributed by atoms with van der Waals surface area (Å²) in [6.07, 6.45) is 4.82. The standard InChI is InChI=1S/C41H29NSe/c1-6-16-30(17-7-1)37-26-35(27-38(42-37)31-18-8-2-9-19-31)41(34-24-14-5-15-25-34)36-28-39(32-20-10-3-11-21-32)43-40(29-36)33-22-12-4-13-23-33/h1-29H. The zero-order valence-electron chi connectivity index (χ0n) is 23.6. The Morgan fingerprint density at radius 1 is 0.395 bits per heavy atom. The van der Waals surface area contributed by atoms with E-state index in [1.54, 1.807) is 0 Å². The first-order chi connectivity index (χ1) is 21.3. The van der Waals surface area contributed by atoms with Crippen molar-refractivity contribution in [2.24, 2.45) is 0 Å². The van der Waals surface area contributed by atoms with Crippen LogP contribution in [0.3, 0.4) is 0 Å². The predicted molar refractivity (Wildman–Crippen MR) is 182 cm³/mol. The van der Waals surface area contributed by atoms with Gasteiger partial charge in [0.05, 0.1) is 0 Å². The number of rotatable bonds is 6. The van der Waals surface area contributed by atoms with Crippen LogP contribution >= 0.6 is 0 Å². The van der Waals surface area contributed by atoms with E-state index in [-0.39, 0.29) is 15.0 Å². The fourth-order valence-electron chi connectivity index (χ4n) is 5.43. The summed E-state index contributed by atoms with van der Waals surface area (Å²) in [5.41, 5.74) is 11.4. The predicted octanol–water partition coefficient (Wildman–Crippen LogP) is 10.0. The van der Waals surface area contributed by atoms with Gasteiger partial charge in [-0.25, -0.2) is 0 Å². The molecule has 2 heteroatoms. The molecule has 1 aromatic heterocycles. The van der Waals surface area contributed by atoms with Gasteiger partial charge in [-0.2, -0.15) is 0 Å². The molecule has 0 radical (unpaired) electrons. The first kappa shape index (κ1) is 26.9. The summed E-state index contributed by atoms with van der Waals surface area (Å²) in [7, 11) is 0. The van der Waals surface area contributed by atoms with Crippen molar-refractivity contribution in [1.29, 1.82) is 0 Å². The van der Waals surface area contributed by atoms with Crippen molar-refractivity contribution in [2.75, 3.05) is 0 Å². The molecule has 0 saturated heterocycles. The topological polar surface area (TPSA) is 12.9 Å². The summed E-state index contributed by atoms with van der Waals surface area (Å²) >= 11 is 0.163. The summed E-state index contributed by atoms with van der Waals surface area (Å²) in [6, 6.07) is 57.9. The zero-order valence-corrected chi connectivity index (χ0v) is 25.3. The van der Waals surface area contributed by atoms with E-state index in [2.05, 4.69) is 176 Å². The van der Waals surface area contributed by atoms with Gasteiger partial charge in [-0.3, -0.25) is 0 Å². The Morgan fingerprint density at radius 2 is 0.767 bits per heavy atom. The molecule has 1 aliphatic heterocycles. The van der Waals surface area contributed by atoms with Gasteiger partial charge in [0.25, 0.3) is 0 Å². The number of pyridine rings is 1. The Bertz CT molecular complexity index is 1830. The fourth-order valence-corrected chi connectivity index (χ4v) is 7.77. The molecule has 7 rings (SSSR count). The Kier molecular flexibility index (Phi) is 7.79. The average molecular weight is 615 g/mol. The summed E-state index contributed by atoms with van der Waals surface area (Å²) in [5.74, 6) is 0. The first-order valence-electron chi connectivity index (χ1n) is 14.5. The van der Waals surface area contributed by atoms with E-state index in [4.69, 9.17) is 4.98 Å². The number of hydrogen-bond acceptors (Lipinski definition) is 1. The van der Waals surface area contributed by atoms with Crippen LogP contribution in [0.5, 0.6) is 0 Å². The van der Waals surface area contributed by atoms with Crippen LogP contribution in [0.2, 0.25) is 0 Å². The summed E-state index contributed by atoms with van der Waals surface area (Å²) in [4.78, 5) is 5.17. The van der Waals surface area contributed by atoms with E-state index in [1.165, 1.54) is 36.8 Å². The van der Waals surface area contributed by atoms with Crippen LogP contribution in [0.4, 0.5) is 0 Å². The quantitative estimate of drug-likeness (QED) is 0.170. The van der Waals surface area contributed by atoms with Crippen LogP contribution in [-0.4, -0.2) is 19.9 Å². The molecule has 0 N–H and O–H groups in total. The number of benzene rings is 5. The van der Waals surface area contributed by atoms with Gasteiger partial charge in [0.2, 0.25) is 0 Å². The Labute approximate surface area is 259 Å². The SMILES string of the molecule is C1=C(c2ccccc2)[Se]C(c2ccccc2)=CC1=C(c1ccccc1)c1cc(-c2ccccc2)nc(-c2ccccc2)c1. The molecule has 1 nitrogen and oxygen atoms in total. The third kappa shape index (κ3) is 5.98. The van der Waals surface area contributed by atoms with Crippen LogP contribution in [-0.2, 0) is 0 Å². The molecule has 0 unspecified atom stereocenters. The van der Waals surface area contributed by atoms with E-state index >= 15 is 0 Å². The van der Waals surface area contributed by atoms with E-state index < -0.39 is 0 Å². The van der Waals surface area contributed by atoms with Crippen molar-refractivity contribution in [3.63, 3.8) is 0 Å². The second kappa shape index (κ2) is 12.5. The van der Waals surface area contributed by atoms with Gasteiger partial charge >= 0.3 is 261 Å². The van der Waals surface area contributed by atoms with Crippen LogP contribution in [0.15, 0.2) is 182 Å². The number of allylic oxidation sites excluding steroid dienone is 3. The monoisotopic (exact) mass is 615 g/mol. The average Bonchev–Trinajstić information content (AvgIpc) is 3.10. The van der Waals surface area contributed by atoms with Gasteiger partial charge in [-0.1, -0.05) is 0 Å². The summed E-state index contributed by atoms with van der Waals surface area (Å²) in [6.45, 7) is 0. The molecule has 0 spiro atoms. The second-order valence-corrected chi connectivity index (χ2v) is 12.7. The molecule has 1 aliphatic rings. The van der Waals surface area contributed by atoms with Crippen molar-refractivity contribution in [1.82, 2.24) is 4.98 Å². The van der Waals surface area contributed by atoms with E-state index in [0.29, 0.717) is 0 Å². The molecule has 0 bridgehead atoms. The van der Waals surface area contributed by atoms with Crippen LogP contribution in [0.25, 0.3) is 37.0 Å². The van der Waals surface area contributed by atoms with Gasteiger partial charge in [0.15, 0.2) is 0 Å². The van der Waals surface area contributed by atoms with Gasteiger partial charge in [0, 0.05) is 0 Å². The molecule has 2 heterocycles. The molecule has 0 fully saturated rings. The molecular formula is C41H29NSe. The van der Waals surface area contributed by atoms with Crippen LogP contribution < -0.4 is 0 Å². The van der Waals surface area contributed by atoms with Gasteiger partial charge in [0.1, 0.15) is 0 Å². The Morgan fingerprint density at radius 3 is 1.19 bits per heavy atom. The van der Waals surface area contributed by atoms with Crippen molar-refractivity contribution < 1.29 is 0 Å². The summed E-state index contributed by atoms with van der Waals surface area (Å²) < 4.78 is 2.75. The van der Waals surface area contributed by atoms with Crippen molar-refractivity contribution in [3.05, 3.63) is 204 Å². The van der Waals surface area contributed by atoms with Crippen LogP contribution in [0, 0.1) is 0 Å². The fraction of sp³-hybridized carbons (Fsp3) is 0. The molecule has 0 aliphatic carbocycles. The van der Waals surface area contributed by atoms with Gasteiger partial charge < -0.3 is 0 Å². The maximum absolute atomic E-state index is 5.17. The van der Waals surface area contributed by atoms with Gasteiger partial charge in [-0.15, -0.1) is 0 Å². The molecule has 0 saturated carbocycles. The number of hydrogen-bond donors (Lipinski definition) is 0. The molecule has 43 heavy (non-hydrogen) atoms. The molecule has 204 valence electrons. The minimum atomic E-state index is 0.163. The third-order valence-corrected chi connectivity index (χ3v) is 9.92. The Hall–Kier alpha value is -5.01. The van der Waals surface area contributed by atoms with Gasteiger partial charge in [-0.05, 0) is 0 Å². The molecular weight excluding hydrogens is 585 g/mol. The zero-order chi connectivity index (χ0) is 28.8. The Balaban J connectivity index is 1.53. The van der Waals surface area contributed by atoms with Crippen LogP contribution in [0.1, 0.15) is 22.3 Å². The molecule has 0 amide bonds.